The molecule has 1 N–H and O–H groups in total. The van der Waals surface area contributed by atoms with Gasteiger partial charge in [-0.1, -0.05) is 27.2 Å². The zero-order valence-electron chi connectivity index (χ0n) is 7.81. The number of hydrogen-bond donors (Lipinski definition) is 1. The fourth-order valence-corrected chi connectivity index (χ4v) is 1.04. The van der Waals surface area contributed by atoms with E-state index < -0.39 is 0 Å². The number of H-pyrrole nitrogens is 1. The monoisotopic (exact) mass is 169 g/mol. The zero-order chi connectivity index (χ0) is 9.19. The second-order valence-electron chi connectivity index (χ2n) is 3.89. The van der Waals surface area contributed by atoms with Crippen molar-refractivity contribution in [1.29, 1.82) is 0 Å². The molecule has 0 saturated heterocycles. The first kappa shape index (κ1) is 9.10. The maximum absolute atomic E-state index is 11.1. The van der Waals surface area contributed by atoms with E-state index in [-0.39, 0.29) is 11.0 Å². The van der Waals surface area contributed by atoms with Crippen LogP contribution in [0, 0.1) is 5.41 Å². The molecule has 1 aromatic heterocycles. The van der Waals surface area contributed by atoms with Crippen LogP contribution in [0.2, 0.25) is 0 Å². The maximum atomic E-state index is 11.1. The molecule has 0 atom stereocenters. The van der Waals surface area contributed by atoms with Gasteiger partial charge in [-0.15, -0.1) is 0 Å². The van der Waals surface area contributed by atoms with E-state index in [2.05, 4.69) is 25.9 Å². The summed E-state index contributed by atoms with van der Waals surface area (Å²) in [6, 6.07) is 0. The maximum Gasteiger partial charge on any atom is 0.283 e. The van der Waals surface area contributed by atoms with Crippen LogP contribution in [-0.2, 0) is 6.42 Å². The number of hydrogen-bond acceptors (Lipinski definition) is 2. The Morgan fingerprint density at radius 1 is 1.58 bits per heavy atom. The highest BCUT2D eigenvalue weighted by molar-refractivity contribution is 5.03. The minimum Gasteiger partial charge on any atom is -0.387 e. The van der Waals surface area contributed by atoms with Gasteiger partial charge in [-0.3, -0.25) is 4.79 Å². The Morgan fingerprint density at radius 3 is 2.67 bits per heavy atom. The van der Waals surface area contributed by atoms with Crippen LogP contribution in [0.3, 0.4) is 0 Å². The van der Waals surface area contributed by atoms with Crippen LogP contribution in [0.25, 0.3) is 0 Å². The largest absolute Gasteiger partial charge is 0.387 e. The van der Waals surface area contributed by atoms with Gasteiger partial charge in [0.1, 0.15) is 6.26 Å². The van der Waals surface area contributed by atoms with Gasteiger partial charge in [-0.25, -0.2) is 0 Å². The van der Waals surface area contributed by atoms with Gasteiger partial charge < -0.3 is 4.52 Å². The molecule has 0 bridgehead atoms. The molecule has 0 saturated carbocycles. The highest BCUT2D eigenvalue weighted by Crippen LogP contribution is 2.23. The number of nitrogens with one attached hydrogen (secondary N) is 1. The smallest absolute Gasteiger partial charge is 0.283 e. The van der Waals surface area contributed by atoms with E-state index in [4.69, 9.17) is 4.52 Å². The summed E-state index contributed by atoms with van der Waals surface area (Å²) in [5, 5.41) is 2.28. The van der Waals surface area contributed by atoms with Crippen molar-refractivity contribution in [2.75, 3.05) is 0 Å². The molecule has 0 radical (unpaired) electrons. The molecule has 1 aromatic rings. The van der Waals surface area contributed by atoms with Crippen molar-refractivity contribution < 1.29 is 4.52 Å². The number of aromatic amines is 1. The van der Waals surface area contributed by atoms with Gasteiger partial charge >= 0.3 is 0 Å². The Hall–Kier alpha value is -0.990. The van der Waals surface area contributed by atoms with Gasteiger partial charge in [-0.05, 0) is 11.8 Å². The lowest BCUT2D eigenvalue weighted by atomic mass is 9.84. The average Bonchev–Trinajstić information content (AvgIpc) is 2.36. The molecule has 0 aliphatic carbocycles. The highest BCUT2D eigenvalue weighted by Gasteiger charge is 2.18. The normalized spacial score (nSPS) is 11.9. The van der Waals surface area contributed by atoms with Gasteiger partial charge in [0.2, 0.25) is 0 Å². The topological polar surface area (TPSA) is 46.0 Å². The molecular formula is C9H15NO2. The van der Waals surface area contributed by atoms with Crippen LogP contribution < -0.4 is 5.56 Å². The first-order valence-corrected chi connectivity index (χ1v) is 4.20. The fraction of sp³-hybridized carbons (Fsp3) is 0.667. The number of rotatable bonds is 3. The summed E-state index contributed by atoms with van der Waals surface area (Å²) in [5.41, 5.74) is 0.815. The van der Waals surface area contributed by atoms with Crippen molar-refractivity contribution in [3.8, 4) is 0 Å². The summed E-state index contributed by atoms with van der Waals surface area (Å²) in [6.07, 6.45) is 3.33. The Balaban J connectivity index is 2.77. The molecule has 3 nitrogen and oxygen atoms in total. The summed E-state index contributed by atoms with van der Waals surface area (Å²) in [7, 11) is 0. The minimum atomic E-state index is -0.100. The molecule has 0 aliphatic rings. The molecule has 0 aromatic carbocycles. The lowest BCUT2D eigenvalue weighted by Crippen LogP contribution is -2.18. The van der Waals surface area contributed by atoms with Crippen LogP contribution >= 0.6 is 0 Å². The van der Waals surface area contributed by atoms with Gasteiger partial charge in [0.25, 0.3) is 5.56 Å². The summed E-state index contributed by atoms with van der Waals surface area (Å²) in [6.45, 7) is 6.40. The van der Waals surface area contributed by atoms with Crippen LogP contribution in [0.15, 0.2) is 15.6 Å². The molecule has 0 spiro atoms. The highest BCUT2D eigenvalue weighted by atomic mass is 16.5. The van der Waals surface area contributed by atoms with Crippen LogP contribution in [-0.4, -0.2) is 5.16 Å². The first-order valence-electron chi connectivity index (χ1n) is 4.20. The molecule has 0 unspecified atom stereocenters. The van der Waals surface area contributed by atoms with Gasteiger partial charge in [0.15, 0.2) is 0 Å². The second kappa shape index (κ2) is 3.17. The van der Waals surface area contributed by atoms with E-state index in [9.17, 15) is 4.79 Å². The van der Waals surface area contributed by atoms with E-state index in [1.165, 1.54) is 6.26 Å². The van der Waals surface area contributed by atoms with E-state index in [1.807, 2.05) is 0 Å². The Labute approximate surface area is 71.7 Å². The molecule has 68 valence electrons. The lowest BCUT2D eigenvalue weighted by molar-refractivity contribution is 0.346. The van der Waals surface area contributed by atoms with Crippen molar-refractivity contribution in [3.05, 3.63) is 22.2 Å². The Morgan fingerprint density at radius 2 is 2.25 bits per heavy atom. The van der Waals surface area contributed by atoms with Crippen molar-refractivity contribution >= 4 is 0 Å². The standard InChI is InChI=1S/C9H15NO2/c1-4-9(2,3)5-7-6-12-10-8(7)11/h6H,4-5H2,1-3H3,(H,10,11). The van der Waals surface area contributed by atoms with Gasteiger partial charge in [0.05, 0.1) is 5.56 Å². The predicted octanol–water partition coefficient (Wildman–Crippen LogP) is 1.95. The molecule has 0 amide bonds. The Bertz CT molecular complexity index is 295. The quantitative estimate of drug-likeness (QED) is 0.751. The van der Waals surface area contributed by atoms with Crippen LogP contribution in [0.5, 0.6) is 0 Å². The van der Waals surface area contributed by atoms with E-state index in [0.29, 0.717) is 0 Å². The second-order valence-corrected chi connectivity index (χ2v) is 3.89. The van der Waals surface area contributed by atoms with E-state index >= 15 is 0 Å². The summed E-state index contributed by atoms with van der Waals surface area (Å²) in [4.78, 5) is 11.1. The van der Waals surface area contributed by atoms with Crippen LogP contribution in [0.4, 0.5) is 0 Å². The molecule has 0 fully saturated rings. The average molecular weight is 169 g/mol. The third kappa shape index (κ3) is 2.00. The van der Waals surface area contributed by atoms with E-state index in [1.54, 1.807) is 0 Å². The minimum absolute atomic E-state index is 0.100. The molecule has 1 rings (SSSR count). The number of aromatic nitrogens is 1. The van der Waals surface area contributed by atoms with Crippen LogP contribution in [0.1, 0.15) is 32.8 Å². The third-order valence-electron chi connectivity index (χ3n) is 2.27. The SMILES string of the molecule is CCC(C)(C)Cc1co[nH]c1=O. The summed E-state index contributed by atoms with van der Waals surface area (Å²) in [5.74, 6) is 0. The predicted molar refractivity (Wildman–Crippen MR) is 47.1 cm³/mol. The Kier molecular flexibility index (Phi) is 2.40. The van der Waals surface area contributed by atoms with Gasteiger partial charge in [0, 0.05) is 0 Å². The first-order chi connectivity index (χ1) is 5.55. The molecule has 0 aliphatic heterocycles. The molecule has 12 heavy (non-hydrogen) atoms. The van der Waals surface area contributed by atoms with Crippen molar-refractivity contribution in [2.45, 2.75) is 33.6 Å². The summed E-state index contributed by atoms with van der Waals surface area (Å²) < 4.78 is 4.70. The molecule has 3 heteroatoms. The van der Waals surface area contributed by atoms with Crippen molar-refractivity contribution in [1.82, 2.24) is 5.16 Å². The van der Waals surface area contributed by atoms with E-state index in [0.717, 1.165) is 18.4 Å². The third-order valence-corrected chi connectivity index (χ3v) is 2.27. The lowest BCUT2D eigenvalue weighted by Gasteiger charge is -2.20. The fourth-order valence-electron chi connectivity index (χ4n) is 1.04. The zero-order valence-corrected chi connectivity index (χ0v) is 7.81. The summed E-state index contributed by atoms with van der Waals surface area (Å²) >= 11 is 0. The van der Waals surface area contributed by atoms with Gasteiger partial charge in [-0.2, -0.15) is 5.16 Å². The molecular weight excluding hydrogens is 154 g/mol. The molecule has 1 heterocycles. The van der Waals surface area contributed by atoms with Crippen molar-refractivity contribution in [2.24, 2.45) is 5.41 Å². The van der Waals surface area contributed by atoms with Crippen molar-refractivity contribution in [3.63, 3.8) is 0 Å².